The minimum absolute atomic E-state index is 0.131. The summed E-state index contributed by atoms with van der Waals surface area (Å²) in [5.74, 6) is -0.666. The van der Waals surface area contributed by atoms with Gasteiger partial charge in [0, 0.05) is 18.4 Å². The number of carbonyl (C=O) groups excluding carboxylic acids is 2. The number of amides is 2. The molecule has 3 rings (SSSR count). The lowest BCUT2D eigenvalue weighted by Crippen LogP contribution is -2.35. The Kier molecular flexibility index (Phi) is 6.84. The molecule has 1 N–H and O–H groups in total. The number of halogens is 2. The quantitative estimate of drug-likeness (QED) is 0.558. The number of likely N-dealkylation sites (N-methyl/N-ethyl adjacent to an activating group) is 1. The average molecular weight is 449 g/mol. The smallest absolute Gasteiger partial charge is 0.272 e. The van der Waals surface area contributed by atoms with Crippen molar-refractivity contribution >= 4 is 52.5 Å². The summed E-state index contributed by atoms with van der Waals surface area (Å²) in [4.78, 5) is 31.0. The van der Waals surface area contributed by atoms with Gasteiger partial charge in [0.15, 0.2) is 5.16 Å². The molecule has 0 radical (unpaired) electrons. The zero-order chi connectivity index (χ0) is 21.0. The largest absolute Gasteiger partial charge is 0.331 e. The Morgan fingerprint density at radius 1 is 1.14 bits per heavy atom. The molecule has 1 aromatic heterocycles. The molecule has 1 heterocycles. The van der Waals surface area contributed by atoms with E-state index in [4.69, 9.17) is 23.2 Å². The Balaban J connectivity index is 1.76. The van der Waals surface area contributed by atoms with Gasteiger partial charge >= 0.3 is 0 Å². The molecule has 29 heavy (non-hydrogen) atoms. The van der Waals surface area contributed by atoms with Crippen LogP contribution >= 0.6 is 35.0 Å². The fourth-order valence-electron chi connectivity index (χ4n) is 2.71. The SMILES string of the molecule is CSc1ncc(C(=O)N(C)CC(=O)Nc2ccc(Cl)c(Cl)c2)n1-c1ccccc1. The molecule has 0 aliphatic rings. The molecule has 6 nitrogen and oxygen atoms in total. The fraction of sp³-hybridized carbons (Fsp3) is 0.150. The van der Waals surface area contributed by atoms with Gasteiger partial charge in [0.2, 0.25) is 5.91 Å². The second-order valence-electron chi connectivity index (χ2n) is 6.14. The first-order chi connectivity index (χ1) is 13.9. The summed E-state index contributed by atoms with van der Waals surface area (Å²) in [5, 5.41) is 4.13. The summed E-state index contributed by atoms with van der Waals surface area (Å²) in [6, 6.07) is 14.3. The van der Waals surface area contributed by atoms with Crippen molar-refractivity contribution in [2.45, 2.75) is 5.16 Å². The average Bonchev–Trinajstić information content (AvgIpc) is 3.14. The molecule has 3 aromatic rings. The lowest BCUT2D eigenvalue weighted by Gasteiger charge is -2.18. The minimum Gasteiger partial charge on any atom is -0.331 e. The number of carbonyl (C=O) groups is 2. The van der Waals surface area contributed by atoms with Crippen molar-refractivity contribution in [2.24, 2.45) is 0 Å². The fourth-order valence-corrected chi connectivity index (χ4v) is 3.56. The van der Waals surface area contributed by atoms with Crippen molar-refractivity contribution in [1.82, 2.24) is 14.5 Å². The summed E-state index contributed by atoms with van der Waals surface area (Å²) in [5.41, 5.74) is 1.71. The van der Waals surface area contributed by atoms with Crippen LogP contribution in [0, 0.1) is 0 Å². The zero-order valence-electron chi connectivity index (χ0n) is 15.7. The molecule has 150 valence electrons. The number of para-hydroxylation sites is 1. The summed E-state index contributed by atoms with van der Waals surface area (Å²) >= 11 is 13.3. The molecule has 0 atom stereocenters. The Morgan fingerprint density at radius 3 is 2.52 bits per heavy atom. The van der Waals surface area contributed by atoms with Crippen LogP contribution in [0.2, 0.25) is 10.0 Å². The monoisotopic (exact) mass is 448 g/mol. The molecular formula is C20H18Cl2N4O2S. The van der Waals surface area contributed by atoms with E-state index in [0.29, 0.717) is 26.6 Å². The minimum atomic E-state index is -0.352. The summed E-state index contributed by atoms with van der Waals surface area (Å²) in [6.07, 6.45) is 3.42. The van der Waals surface area contributed by atoms with E-state index in [9.17, 15) is 9.59 Å². The molecule has 0 saturated heterocycles. The second-order valence-corrected chi connectivity index (χ2v) is 7.73. The van der Waals surface area contributed by atoms with Crippen LogP contribution in [-0.2, 0) is 4.79 Å². The van der Waals surface area contributed by atoms with Crippen molar-refractivity contribution in [2.75, 3.05) is 25.2 Å². The topological polar surface area (TPSA) is 67.2 Å². The molecule has 9 heteroatoms. The highest BCUT2D eigenvalue weighted by atomic mass is 35.5. The number of nitrogens with one attached hydrogen (secondary N) is 1. The van der Waals surface area contributed by atoms with E-state index in [1.807, 2.05) is 36.6 Å². The van der Waals surface area contributed by atoms with E-state index < -0.39 is 0 Å². The molecule has 0 aliphatic heterocycles. The van der Waals surface area contributed by atoms with E-state index >= 15 is 0 Å². The normalized spacial score (nSPS) is 10.6. The number of rotatable bonds is 6. The van der Waals surface area contributed by atoms with E-state index in [1.165, 1.54) is 22.9 Å². The number of imidazole rings is 1. The molecule has 0 saturated carbocycles. The Bertz CT molecular complexity index is 1040. The van der Waals surface area contributed by atoms with Crippen LogP contribution in [0.25, 0.3) is 5.69 Å². The van der Waals surface area contributed by atoms with Gasteiger partial charge in [-0.25, -0.2) is 4.98 Å². The van der Waals surface area contributed by atoms with Crippen molar-refractivity contribution < 1.29 is 9.59 Å². The standard InChI is InChI=1S/C20H18Cl2N4O2S/c1-25(12-18(27)24-13-8-9-15(21)16(22)10-13)19(28)17-11-23-20(29-2)26(17)14-6-4-3-5-7-14/h3-11H,12H2,1-2H3,(H,24,27). The molecular weight excluding hydrogens is 431 g/mol. The van der Waals surface area contributed by atoms with Gasteiger partial charge in [0.1, 0.15) is 5.69 Å². The van der Waals surface area contributed by atoms with Crippen molar-refractivity contribution in [3.8, 4) is 5.69 Å². The summed E-state index contributed by atoms with van der Waals surface area (Å²) in [7, 11) is 1.57. The maximum atomic E-state index is 13.0. The van der Waals surface area contributed by atoms with Crippen LogP contribution in [0.15, 0.2) is 59.9 Å². The van der Waals surface area contributed by atoms with Crippen LogP contribution in [0.1, 0.15) is 10.5 Å². The van der Waals surface area contributed by atoms with Crippen LogP contribution in [0.4, 0.5) is 5.69 Å². The van der Waals surface area contributed by atoms with Gasteiger partial charge in [0.25, 0.3) is 5.91 Å². The van der Waals surface area contributed by atoms with E-state index in [-0.39, 0.29) is 18.4 Å². The van der Waals surface area contributed by atoms with Crippen molar-refractivity contribution in [1.29, 1.82) is 0 Å². The molecule has 0 unspecified atom stereocenters. The third kappa shape index (κ3) is 4.93. The van der Waals surface area contributed by atoms with Gasteiger partial charge in [-0.15, -0.1) is 0 Å². The highest BCUT2D eigenvalue weighted by molar-refractivity contribution is 7.98. The number of anilines is 1. The zero-order valence-corrected chi connectivity index (χ0v) is 18.1. The molecule has 2 amide bonds. The molecule has 0 bridgehead atoms. The van der Waals surface area contributed by atoms with Crippen LogP contribution in [-0.4, -0.2) is 46.1 Å². The Hall–Kier alpha value is -2.48. The number of thioether (sulfide) groups is 1. The third-order valence-electron chi connectivity index (χ3n) is 4.08. The first-order valence-corrected chi connectivity index (χ1v) is 10.6. The van der Waals surface area contributed by atoms with Gasteiger partial charge < -0.3 is 10.2 Å². The van der Waals surface area contributed by atoms with Gasteiger partial charge in [-0.3, -0.25) is 14.2 Å². The molecule has 0 spiro atoms. The molecule has 2 aromatic carbocycles. The van der Waals surface area contributed by atoms with Crippen LogP contribution in [0.3, 0.4) is 0 Å². The predicted molar refractivity (Wildman–Crippen MR) is 117 cm³/mol. The lowest BCUT2D eigenvalue weighted by molar-refractivity contribution is -0.116. The lowest BCUT2D eigenvalue weighted by atomic mass is 10.3. The van der Waals surface area contributed by atoms with Crippen LogP contribution in [0.5, 0.6) is 0 Å². The Labute approximate surface area is 182 Å². The van der Waals surface area contributed by atoms with Crippen LogP contribution < -0.4 is 5.32 Å². The maximum absolute atomic E-state index is 13.0. The van der Waals surface area contributed by atoms with Gasteiger partial charge in [0.05, 0.1) is 22.8 Å². The first-order valence-electron chi connectivity index (χ1n) is 8.58. The number of nitrogens with zero attached hydrogens (tertiary/aromatic N) is 3. The van der Waals surface area contributed by atoms with E-state index in [2.05, 4.69) is 10.3 Å². The number of hydrogen-bond acceptors (Lipinski definition) is 4. The summed E-state index contributed by atoms with van der Waals surface area (Å²) in [6.45, 7) is -0.131. The first kappa shape index (κ1) is 21.2. The van der Waals surface area contributed by atoms with E-state index in [1.54, 1.807) is 29.8 Å². The van der Waals surface area contributed by atoms with E-state index in [0.717, 1.165) is 5.69 Å². The van der Waals surface area contributed by atoms with Crippen molar-refractivity contribution in [3.05, 3.63) is 70.5 Å². The highest BCUT2D eigenvalue weighted by Crippen LogP contribution is 2.25. The van der Waals surface area contributed by atoms with Gasteiger partial charge in [-0.1, -0.05) is 53.2 Å². The molecule has 0 aliphatic carbocycles. The van der Waals surface area contributed by atoms with Crippen molar-refractivity contribution in [3.63, 3.8) is 0 Å². The Morgan fingerprint density at radius 2 is 1.86 bits per heavy atom. The summed E-state index contributed by atoms with van der Waals surface area (Å²) < 4.78 is 1.78. The maximum Gasteiger partial charge on any atom is 0.272 e. The number of benzene rings is 2. The number of aromatic nitrogens is 2. The highest BCUT2D eigenvalue weighted by Gasteiger charge is 2.22. The second kappa shape index (κ2) is 9.35. The number of hydrogen-bond donors (Lipinski definition) is 1. The molecule has 0 fully saturated rings. The predicted octanol–water partition coefficient (Wildman–Crippen LogP) is 4.61. The van der Waals surface area contributed by atoms with Gasteiger partial charge in [-0.05, 0) is 36.6 Å². The van der Waals surface area contributed by atoms with Gasteiger partial charge in [-0.2, -0.15) is 0 Å². The third-order valence-corrected chi connectivity index (χ3v) is 5.47.